The highest BCUT2D eigenvalue weighted by Crippen LogP contribution is 2.21. The second-order valence-electron chi connectivity index (χ2n) is 6.91. The van der Waals surface area contributed by atoms with Crippen molar-refractivity contribution in [2.45, 2.75) is 59.2 Å². The summed E-state index contributed by atoms with van der Waals surface area (Å²) in [6.45, 7) is 14.3. The van der Waals surface area contributed by atoms with Gasteiger partial charge in [0.15, 0.2) is 0 Å². The molecule has 0 saturated carbocycles. The molecule has 21 heavy (non-hydrogen) atoms. The molecule has 0 spiro atoms. The molecule has 1 fully saturated rings. The van der Waals surface area contributed by atoms with Crippen molar-refractivity contribution in [2.75, 3.05) is 24.7 Å². The molecule has 4 nitrogen and oxygen atoms in total. The second-order valence-corrected chi connectivity index (χ2v) is 6.91. The van der Waals surface area contributed by atoms with Gasteiger partial charge in [0.1, 0.15) is 5.82 Å². The normalized spacial score (nSPS) is 19.9. The van der Waals surface area contributed by atoms with Crippen LogP contribution in [0.5, 0.6) is 0 Å². The van der Waals surface area contributed by atoms with E-state index in [1.165, 1.54) is 5.56 Å². The molecule has 1 atom stereocenters. The Bertz CT molecular complexity index is 468. The van der Waals surface area contributed by atoms with E-state index in [0.717, 1.165) is 44.2 Å². The molecule has 1 saturated heterocycles. The average Bonchev–Trinajstić information content (AvgIpc) is 2.44. The Morgan fingerprint density at radius 1 is 1.38 bits per heavy atom. The van der Waals surface area contributed by atoms with E-state index in [1.807, 2.05) is 0 Å². The van der Waals surface area contributed by atoms with Gasteiger partial charge in [0, 0.05) is 24.3 Å². The van der Waals surface area contributed by atoms with Crippen molar-refractivity contribution < 1.29 is 4.74 Å². The van der Waals surface area contributed by atoms with Gasteiger partial charge in [-0.05, 0) is 51.8 Å². The Morgan fingerprint density at radius 3 is 2.81 bits per heavy atom. The lowest BCUT2D eigenvalue weighted by Gasteiger charge is -2.36. The topological polar surface area (TPSA) is 37.4 Å². The number of nitrogens with zero attached hydrogens (tertiary/aromatic N) is 2. The van der Waals surface area contributed by atoms with E-state index >= 15 is 0 Å². The van der Waals surface area contributed by atoms with E-state index in [2.05, 4.69) is 57.0 Å². The summed E-state index contributed by atoms with van der Waals surface area (Å²) in [7, 11) is 0. The molecule has 4 heteroatoms. The summed E-state index contributed by atoms with van der Waals surface area (Å²) in [5, 5.41) is 3.55. The molecule has 1 aromatic rings. The van der Waals surface area contributed by atoms with Gasteiger partial charge in [-0.2, -0.15) is 0 Å². The summed E-state index contributed by atoms with van der Waals surface area (Å²) in [5.41, 5.74) is 2.51. The highest BCUT2D eigenvalue weighted by Gasteiger charge is 2.23. The van der Waals surface area contributed by atoms with Crippen LogP contribution in [0, 0.1) is 6.92 Å². The predicted octanol–water partition coefficient (Wildman–Crippen LogP) is 2.89. The number of nitrogens with one attached hydrogen (secondary N) is 1. The Balaban J connectivity index is 2.17. The zero-order valence-corrected chi connectivity index (χ0v) is 14.1. The Labute approximate surface area is 128 Å². The molecule has 0 aliphatic carbocycles. The number of aromatic nitrogens is 1. The first kappa shape index (κ1) is 16.2. The fraction of sp³-hybridized carbons (Fsp3) is 0.706. The number of hydrogen-bond donors (Lipinski definition) is 1. The van der Waals surface area contributed by atoms with Crippen LogP contribution in [0.25, 0.3) is 0 Å². The third-order valence-electron chi connectivity index (χ3n) is 3.82. The van der Waals surface area contributed by atoms with E-state index in [9.17, 15) is 0 Å². The summed E-state index contributed by atoms with van der Waals surface area (Å²) >= 11 is 0. The molecule has 1 aliphatic rings. The van der Waals surface area contributed by atoms with Crippen LogP contribution in [0.1, 0.15) is 45.4 Å². The van der Waals surface area contributed by atoms with Gasteiger partial charge in [-0.15, -0.1) is 0 Å². The second kappa shape index (κ2) is 6.75. The zero-order chi connectivity index (χ0) is 15.5. The monoisotopic (exact) mass is 291 g/mol. The number of rotatable bonds is 4. The molecule has 0 bridgehead atoms. The highest BCUT2D eigenvalue weighted by atomic mass is 16.5. The van der Waals surface area contributed by atoms with Crippen LogP contribution >= 0.6 is 0 Å². The number of ether oxygens (including phenoxy) is 1. The largest absolute Gasteiger partial charge is 0.377 e. The number of morpholine rings is 1. The van der Waals surface area contributed by atoms with E-state index in [4.69, 9.17) is 9.72 Å². The van der Waals surface area contributed by atoms with E-state index in [0.29, 0.717) is 6.04 Å². The van der Waals surface area contributed by atoms with Crippen LogP contribution in [0.2, 0.25) is 0 Å². The molecule has 1 aromatic heterocycles. The molecular formula is C17H29N3O. The molecule has 0 radical (unpaired) electrons. The maximum Gasteiger partial charge on any atom is 0.129 e. The molecule has 0 aromatic carbocycles. The van der Waals surface area contributed by atoms with Crippen molar-refractivity contribution in [1.82, 2.24) is 10.3 Å². The van der Waals surface area contributed by atoms with Gasteiger partial charge in [-0.3, -0.25) is 0 Å². The molecular weight excluding hydrogens is 262 g/mol. The van der Waals surface area contributed by atoms with Crippen LogP contribution in [-0.4, -0.2) is 36.3 Å². The number of pyridine rings is 1. The average molecular weight is 291 g/mol. The lowest BCUT2D eigenvalue weighted by molar-refractivity contribution is 0.0925. The van der Waals surface area contributed by atoms with Crippen LogP contribution in [0.15, 0.2) is 12.1 Å². The van der Waals surface area contributed by atoms with E-state index < -0.39 is 0 Å². The van der Waals surface area contributed by atoms with Crippen LogP contribution in [0.3, 0.4) is 0 Å². The van der Waals surface area contributed by atoms with E-state index in [-0.39, 0.29) is 5.54 Å². The van der Waals surface area contributed by atoms with Gasteiger partial charge >= 0.3 is 0 Å². The standard InChI is InChI=1S/C17H29N3O/c1-6-15-12-21-8-7-20(15)16-10-14(9-13(2)19-16)11-18-17(3,4)5/h9-10,15,18H,6-8,11-12H2,1-5H3. The first-order valence-electron chi connectivity index (χ1n) is 7.96. The van der Waals surface area contributed by atoms with Gasteiger partial charge in [0.05, 0.1) is 19.3 Å². The third-order valence-corrected chi connectivity index (χ3v) is 3.82. The summed E-state index contributed by atoms with van der Waals surface area (Å²) in [4.78, 5) is 7.14. The predicted molar refractivity (Wildman–Crippen MR) is 87.8 cm³/mol. The van der Waals surface area contributed by atoms with Crippen molar-refractivity contribution in [1.29, 1.82) is 0 Å². The summed E-state index contributed by atoms with van der Waals surface area (Å²) in [5.74, 6) is 1.09. The quantitative estimate of drug-likeness (QED) is 0.925. The van der Waals surface area contributed by atoms with Gasteiger partial charge in [0.2, 0.25) is 0 Å². The van der Waals surface area contributed by atoms with Crippen LogP contribution in [0.4, 0.5) is 5.82 Å². The minimum atomic E-state index is 0.127. The summed E-state index contributed by atoms with van der Waals surface area (Å²) in [6, 6.07) is 4.83. The van der Waals surface area contributed by atoms with Crippen molar-refractivity contribution >= 4 is 5.82 Å². The molecule has 2 rings (SSSR count). The maximum absolute atomic E-state index is 5.60. The number of anilines is 1. The Kier molecular flexibility index (Phi) is 5.22. The fourth-order valence-electron chi connectivity index (χ4n) is 2.63. The summed E-state index contributed by atoms with van der Waals surface area (Å²) < 4.78 is 5.60. The molecule has 1 N–H and O–H groups in total. The van der Waals surface area contributed by atoms with Gasteiger partial charge < -0.3 is 15.0 Å². The summed E-state index contributed by atoms with van der Waals surface area (Å²) in [6.07, 6.45) is 1.09. The number of aryl methyl sites for hydroxylation is 1. The first-order chi connectivity index (χ1) is 9.89. The van der Waals surface area contributed by atoms with Gasteiger partial charge in [0.25, 0.3) is 0 Å². The Morgan fingerprint density at radius 2 is 2.14 bits per heavy atom. The fourth-order valence-corrected chi connectivity index (χ4v) is 2.63. The van der Waals surface area contributed by atoms with Crippen molar-refractivity contribution in [3.8, 4) is 0 Å². The minimum absolute atomic E-state index is 0.127. The maximum atomic E-state index is 5.60. The first-order valence-corrected chi connectivity index (χ1v) is 7.96. The third kappa shape index (κ3) is 4.68. The molecule has 118 valence electrons. The van der Waals surface area contributed by atoms with Crippen molar-refractivity contribution in [2.24, 2.45) is 0 Å². The zero-order valence-electron chi connectivity index (χ0n) is 14.1. The Hall–Kier alpha value is -1.13. The van der Waals surface area contributed by atoms with Crippen molar-refractivity contribution in [3.05, 3.63) is 23.4 Å². The van der Waals surface area contributed by atoms with Crippen molar-refractivity contribution in [3.63, 3.8) is 0 Å². The molecule has 2 heterocycles. The van der Waals surface area contributed by atoms with Crippen LogP contribution in [-0.2, 0) is 11.3 Å². The minimum Gasteiger partial charge on any atom is -0.377 e. The molecule has 1 aliphatic heterocycles. The van der Waals surface area contributed by atoms with Gasteiger partial charge in [-0.25, -0.2) is 4.98 Å². The lowest BCUT2D eigenvalue weighted by Crippen LogP contribution is -2.45. The van der Waals surface area contributed by atoms with E-state index in [1.54, 1.807) is 0 Å². The lowest BCUT2D eigenvalue weighted by atomic mass is 10.1. The molecule has 1 unspecified atom stereocenters. The SMILES string of the molecule is CCC1COCCN1c1cc(CNC(C)(C)C)cc(C)n1. The van der Waals surface area contributed by atoms with Crippen LogP contribution < -0.4 is 10.2 Å². The van der Waals surface area contributed by atoms with Gasteiger partial charge in [-0.1, -0.05) is 6.92 Å². The molecule has 0 amide bonds. The number of hydrogen-bond acceptors (Lipinski definition) is 4. The smallest absolute Gasteiger partial charge is 0.129 e. The highest BCUT2D eigenvalue weighted by molar-refractivity contribution is 5.44.